The lowest BCUT2D eigenvalue weighted by Crippen LogP contribution is -2.58. The molecular formula is C33H49NO10. The van der Waals surface area contributed by atoms with Crippen LogP contribution in [0.4, 0.5) is 4.79 Å². The van der Waals surface area contributed by atoms with Crippen LogP contribution >= 0.6 is 0 Å². The molecule has 1 heterocycles. The van der Waals surface area contributed by atoms with Crippen molar-refractivity contribution in [2.45, 2.75) is 111 Å². The third kappa shape index (κ3) is 8.21. The third-order valence-corrected chi connectivity index (χ3v) is 9.28. The summed E-state index contributed by atoms with van der Waals surface area (Å²) in [7, 11) is 0. The average molecular weight is 620 g/mol. The zero-order valence-electron chi connectivity index (χ0n) is 27.2. The van der Waals surface area contributed by atoms with Crippen molar-refractivity contribution in [1.82, 2.24) is 5.32 Å². The molecule has 0 aromatic carbocycles. The van der Waals surface area contributed by atoms with Gasteiger partial charge in [0.25, 0.3) is 0 Å². The number of amides is 1. The van der Waals surface area contributed by atoms with E-state index >= 15 is 0 Å². The molecule has 1 amide bonds. The van der Waals surface area contributed by atoms with Crippen LogP contribution in [0, 0.1) is 22.7 Å². The molecule has 2 saturated carbocycles. The molecule has 44 heavy (non-hydrogen) atoms. The number of hydrogen-bond acceptors (Lipinski definition) is 10. The highest BCUT2D eigenvalue weighted by atomic mass is 16.6. The van der Waals surface area contributed by atoms with Gasteiger partial charge in [-0.15, -0.1) is 0 Å². The standard InChI is InChI=1S/C33H49NO10/c1-9-26(35)41-19-33(8)24-14-11-20(3)22(32(24,7)16-15-25(33)43-27(36)10-2)13-12-21-23(18-40-29(21)38)42-28(37)17-34-30(39)44-31(4,5)6/h12,22-25H,3,9-11,13-19H2,1-2,4-8H3,(H,34,39)/b21-12-/t22-,23?,24?,25-,32+,33+/m1/s1. The summed E-state index contributed by atoms with van der Waals surface area (Å²) in [5, 5.41) is 2.36. The topological polar surface area (TPSA) is 144 Å². The summed E-state index contributed by atoms with van der Waals surface area (Å²) in [6.45, 7) is 16.9. The molecule has 3 fully saturated rings. The molecule has 3 aliphatic rings. The molecule has 2 aliphatic carbocycles. The highest BCUT2D eigenvalue weighted by Gasteiger charge is 2.59. The Balaban J connectivity index is 1.78. The van der Waals surface area contributed by atoms with E-state index in [4.69, 9.17) is 23.7 Å². The number of fused-ring (bicyclic) bond motifs is 1. The minimum absolute atomic E-state index is 0.0311. The van der Waals surface area contributed by atoms with E-state index in [9.17, 15) is 24.0 Å². The molecule has 0 radical (unpaired) electrons. The van der Waals surface area contributed by atoms with Gasteiger partial charge in [0.15, 0.2) is 6.10 Å². The van der Waals surface area contributed by atoms with E-state index < -0.39 is 47.8 Å². The van der Waals surface area contributed by atoms with E-state index in [0.29, 0.717) is 12.8 Å². The summed E-state index contributed by atoms with van der Waals surface area (Å²) in [5.41, 5.74) is -0.315. The maximum atomic E-state index is 12.7. The Hall–Kier alpha value is -3.37. The van der Waals surface area contributed by atoms with E-state index in [1.54, 1.807) is 40.7 Å². The van der Waals surface area contributed by atoms with Gasteiger partial charge in [0.05, 0.1) is 5.57 Å². The van der Waals surface area contributed by atoms with Crippen LogP contribution in [-0.4, -0.2) is 67.5 Å². The third-order valence-electron chi connectivity index (χ3n) is 9.28. The van der Waals surface area contributed by atoms with Gasteiger partial charge < -0.3 is 29.0 Å². The summed E-state index contributed by atoms with van der Waals surface area (Å²) in [6.07, 6.45) is 3.59. The molecule has 1 N–H and O–H groups in total. The molecule has 246 valence electrons. The normalized spacial score (nSPS) is 31.0. The highest BCUT2D eigenvalue weighted by molar-refractivity contribution is 5.92. The van der Waals surface area contributed by atoms with Crippen molar-refractivity contribution in [2.24, 2.45) is 22.7 Å². The molecular weight excluding hydrogens is 570 g/mol. The van der Waals surface area contributed by atoms with E-state index in [0.717, 1.165) is 24.8 Å². The molecule has 0 bridgehead atoms. The van der Waals surface area contributed by atoms with Crippen LogP contribution in [0.2, 0.25) is 0 Å². The Morgan fingerprint density at radius 3 is 2.36 bits per heavy atom. The van der Waals surface area contributed by atoms with Crippen LogP contribution in [0.5, 0.6) is 0 Å². The van der Waals surface area contributed by atoms with Gasteiger partial charge >= 0.3 is 30.0 Å². The van der Waals surface area contributed by atoms with Crippen molar-refractivity contribution in [3.05, 3.63) is 23.8 Å². The van der Waals surface area contributed by atoms with Crippen LogP contribution in [0.1, 0.15) is 93.4 Å². The summed E-state index contributed by atoms with van der Waals surface area (Å²) >= 11 is 0. The molecule has 0 aromatic rings. The van der Waals surface area contributed by atoms with Gasteiger partial charge in [-0.3, -0.25) is 14.4 Å². The first kappa shape index (κ1) is 35.1. The molecule has 11 heteroatoms. The number of cyclic esters (lactones) is 1. The van der Waals surface area contributed by atoms with Crippen molar-refractivity contribution in [2.75, 3.05) is 19.8 Å². The number of rotatable bonds is 10. The summed E-state index contributed by atoms with van der Waals surface area (Å²) < 4.78 is 27.5. The molecule has 3 rings (SSSR count). The van der Waals surface area contributed by atoms with Crippen LogP contribution < -0.4 is 5.32 Å². The summed E-state index contributed by atoms with van der Waals surface area (Å²) in [5.74, 6) is -1.86. The second-order valence-corrected chi connectivity index (χ2v) is 13.5. The van der Waals surface area contributed by atoms with Crippen molar-refractivity contribution < 1.29 is 47.7 Å². The fourth-order valence-corrected chi connectivity index (χ4v) is 7.05. The Morgan fingerprint density at radius 1 is 1.05 bits per heavy atom. The Kier molecular flexibility index (Phi) is 11.3. The summed E-state index contributed by atoms with van der Waals surface area (Å²) in [4.78, 5) is 61.6. The fraction of sp³-hybridized carbons (Fsp3) is 0.727. The van der Waals surface area contributed by atoms with Crippen LogP contribution in [0.25, 0.3) is 0 Å². The largest absolute Gasteiger partial charge is 0.465 e. The first-order valence-corrected chi connectivity index (χ1v) is 15.6. The number of esters is 4. The maximum Gasteiger partial charge on any atom is 0.408 e. The highest BCUT2D eigenvalue weighted by Crippen LogP contribution is 2.62. The number of hydrogen-bond donors (Lipinski definition) is 1. The number of alkyl carbamates (subject to hydrolysis) is 1. The number of ether oxygens (including phenoxy) is 5. The van der Waals surface area contributed by atoms with Gasteiger partial charge in [-0.25, -0.2) is 9.59 Å². The van der Waals surface area contributed by atoms with Gasteiger partial charge in [0.2, 0.25) is 0 Å². The molecule has 0 spiro atoms. The van der Waals surface area contributed by atoms with Crippen LogP contribution in [0.15, 0.2) is 23.8 Å². The minimum Gasteiger partial charge on any atom is -0.465 e. The van der Waals surface area contributed by atoms with Crippen LogP contribution in [-0.2, 0) is 42.9 Å². The molecule has 11 nitrogen and oxygen atoms in total. The van der Waals surface area contributed by atoms with E-state index in [2.05, 4.69) is 18.8 Å². The second-order valence-electron chi connectivity index (χ2n) is 13.5. The zero-order valence-corrected chi connectivity index (χ0v) is 27.2. The van der Waals surface area contributed by atoms with Crippen molar-refractivity contribution in [3.8, 4) is 0 Å². The first-order chi connectivity index (χ1) is 20.5. The van der Waals surface area contributed by atoms with Crippen molar-refractivity contribution >= 4 is 30.0 Å². The molecule has 2 unspecified atom stereocenters. The number of allylic oxidation sites excluding steroid dienone is 2. The predicted octanol–water partition coefficient (Wildman–Crippen LogP) is 4.96. The number of carbonyl (C=O) groups is 5. The van der Waals surface area contributed by atoms with Crippen LogP contribution in [0.3, 0.4) is 0 Å². The molecule has 0 aromatic heterocycles. The lowest BCUT2D eigenvalue weighted by Gasteiger charge is -2.60. The lowest BCUT2D eigenvalue weighted by molar-refractivity contribution is -0.193. The quantitative estimate of drug-likeness (QED) is 0.154. The predicted molar refractivity (Wildman–Crippen MR) is 160 cm³/mol. The maximum absolute atomic E-state index is 12.7. The average Bonchev–Trinajstić information content (AvgIpc) is 3.29. The Bertz CT molecular complexity index is 1170. The zero-order chi connectivity index (χ0) is 32.9. The number of nitrogens with one attached hydrogen (secondary N) is 1. The number of carbonyl (C=O) groups excluding carboxylic acids is 5. The Labute approximate surface area is 260 Å². The van der Waals surface area contributed by atoms with E-state index in [1.165, 1.54) is 0 Å². The van der Waals surface area contributed by atoms with E-state index in [-0.39, 0.29) is 60.8 Å². The van der Waals surface area contributed by atoms with Gasteiger partial charge in [-0.1, -0.05) is 45.9 Å². The molecule has 6 atom stereocenters. The minimum atomic E-state index is -0.904. The summed E-state index contributed by atoms with van der Waals surface area (Å²) in [6, 6.07) is 0. The smallest absolute Gasteiger partial charge is 0.408 e. The first-order valence-electron chi connectivity index (χ1n) is 15.6. The van der Waals surface area contributed by atoms with Gasteiger partial charge in [-0.2, -0.15) is 0 Å². The fourth-order valence-electron chi connectivity index (χ4n) is 7.05. The van der Waals surface area contributed by atoms with Gasteiger partial charge in [0, 0.05) is 18.3 Å². The molecule has 1 aliphatic heterocycles. The van der Waals surface area contributed by atoms with Crippen molar-refractivity contribution in [3.63, 3.8) is 0 Å². The Morgan fingerprint density at radius 2 is 1.73 bits per heavy atom. The SMILES string of the molecule is C=C1CCC2[C@](C)(COC(=O)CC)[C@H](OC(=O)CC)CC[C@@]2(C)[C@@H]1C/C=C1\C(=O)OCC1OC(=O)CNC(=O)OC(C)(C)C. The van der Waals surface area contributed by atoms with Gasteiger partial charge in [0.1, 0.15) is 31.5 Å². The van der Waals surface area contributed by atoms with Crippen molar-refractivity contribution in [1.29, 1.82) is 0 Å². The second kappa shape index (κ2) is 14.2. The van der Waals surface area contributed by atoms with E-state index in [1.807, 2.05) is 6.92 Å². The molecule has 1 saturated heterocycles. The van der Waals surface area contributed by atoms with Gasteiger partial charge in [-0.05, 0) is 70.1 Å². The monoisotopic (exact) mass is 619 g/mol. The lowest BCUT2D eigenvalue weighted by atomic mass is 9.46.